The zero-order valence-electron chi connectivity index (χ0n) is 12.3. The molecule has 0 aromatic rings. The molecule has 1 aliphatic carbocycles. The van der Waals surface area contributed by atoms with Crippen molar-refractivity contribution in [2.75, 3.05) is 0 Å². The Morgan fingerprint density at radius 1 is 1.06 bits per heavy atom. The SMILES string of the molecule is C.CC.CC.CCC(C)CCC1(C)CCC1. The molecule has 0 nitrogen and oxygen atoms in total. The molecule has 1 unspecified atom stereocenters. The summed E-state index contributed by atoms with van der Waals surface area (Å²) in [7, 11) is 0. The van der Waals surface area contributed by atoms with Crippen LogP contribution in [0.4, 0.5) is 0 Å². The Hall–Kier alpha value is 0. The van der Waals surface area contributed by atoms with Gasteiger partial charge in [-0.2, -0.15) is 0 Å². The first kappa shape index (κ1) is 21.3. The topological polar surface area (TPSA) is 0 Å². The van der Waals surface area contributed by atoms with E-state index in [0.717, 1.165) is 11.3 Å². The second-order valence-corrected chi connectivity index (χ2v) is 4.72. The molecule has 1 rings (SSSR count). The lowest BCUT2D eigenvalue weighted by molar-refractivity contribution is 0.134. The maximum atomic E-state index is 2.46. The van der Waals surface area contributed by atoms with Crippen LogP contribution in [-0.2, 0) is 0 Å². The predicted molar refractivity (Wildman–Crippen MR) is 80.1 cm³/mol. The zero-order chi connectivity index (χ0) is 12.3. The summed E-state index contributed by atoms with van der Waals surface area (Å²) in [5.74, 6) is 0.951. The van der Waals surface area contributed by atoms with Crippen LogP contribution in [0, 0.1) is 11.3 Å². The number of hydrogen-bond donors (Lipinski definition) is 0. The van der Waals surface area contributed by atoms with E-state index in [1.807, 2.05) is 27.7 Å². The Balaban J connectivity index is -0.000000305. The van der Waals surface area contributed by atoms with Crippen LogP contribution in [0.3, 0.4) is 0 Å². The molecule has 0 N–H and O–H groups in total. The fraction of sp³-hybridized carbons (Fsp3) is 1.00. The molecule has 0 heterocycles. The van der Waals surface area contributed by atoms with Gasteiger partial charge in [0.2, 0.25) is 0 Å². The van der Waals surface area contributed by atoms with Crippen LogP contribution < -0.4 is 0 Å². The highest BCUT2D eigenvalue weighted by Gasteiger charge is 2.31. The average Bonchev–Trinajstić information content (AvgIpc) is 2.28. The van der Waals surface area contributed by atoms with Gasteiger partial charge in [0.25, 0.3) is 0 Å². The van der Waals surface area contributed by atoms with Gasteiger partial charge < -0.3 is 0 Å². The molecule has 0 saturated heterocycles. The first-order valence-electron chi connectivity index (χ1n) is 7.16. The van der Waals surface area contributed by atoms with Gasteiger partial charge in [0.05, 0.1) is 0 Å². The van der Waals surface area contributed by atoms with Gasteiger partial charge in [0.1, 0.15) is 0 Å². The minimum atomic E-state index is 0. The second kappa shape index (κ2) is 13.1. The van der Waals surface area contributed by atoms with E-state index in [-0.39, 0.29) is 7.43 Å². The summed E-state index contributed by atoms with van der Waals surface area (Å²) in [6.45, 7) is 15.1. The summed E-state index contributed by atoms with van der Waals surface area (Å²) in [5, 5.41) is 0. The highest BCUT2D eigenvalue weighted by Crippen LogP contribution is 2.44. The van der Waals surface area contributed by atoms with Crippen LogP contribution in [0.2, 0.25) is 0 Å². The van der Waals surface area contributed by atoms with Crippen LogP contribution in [0.25, 0.3) is 0 Å². The van der Waals surface area contributed by atoms with Crippen molar-refractivity contribution in [3.05, 3.63) is 0 Å². The third-order valence-electron chi connectivity index (χ3n) is 3.50. The minimum Gasteiger partial charge on any atom is -0.0776 e. The fourth-order valence-electron chi connectivity index (χ4n) is 1.83. The van der Waals surface area contributed by atoms with E-state index in [9.17, 15) is 0 Å². The molecular formula is C16H38. The molecular weight excluding hydrogens is 192 g/mol. The largest absolute Gasteiger partial charge is 0.0776 e. The van der Waals surface area contributed by atoms with E-state index in [1.165, 1.54) is 38.5 Å². The molecule has 102 valence electrons. The van der Waals surface area contributed by atoms with Gasteiger partial charge in [-0.15, -0.1) is 0 Å². The van der Waals surface area contributed by atoms with Crippen LogP contribution in [0.1, 0.15) is 94.4 Å². The van der Waals surface area contributed by atoms with Crippen molar-refractivity contribution in [2.45, 2.75) is 94.4 Å². The second-order valence-electron chi connectivity index (χ2n) is 4.72. The van der Waals surface area contributed by atoms with Gasteiger partial charge >= 0.3 is 0 Å². The molecule has 0 spiro atoms. The normalized spacial score (nSPS) is 17.4. The molecule has 0 aliphatic heterocycles. The van der Waals surface area contributed by atoms with Crippen molar-refractivity contribution in [1.29, 1.82) is 0 Å². The van der Waals surface area contributed by atoms with Crippen molar-refractivity contribution >= 4 is 0 Å². The first-order chi connectivity index (χ1) is 7.16. The van der Waals surface area contributed by atoms with Gasteiger partial charge in [0.15, 0.2) is 0 Å². The molecule has 1 fully saturated rings. The Bertz CT molecular complexity index is 111. The Morgan fingerprint density at radius 3 is 1.75 bits per heavy atom. The lowest BCUT2D eigenvalue weighted by Gasteiger charge is -2.39. The monoisotopic (exact) mass is 230 g/mol. The molecule has 0 radical (unpaired) electrons. The van der Waals surface area contributed by atoms with Crippen LogP contribution in [0.15, 0.2) is 0 Å². The molecule has 1 atom stereocenters. The van der Waals surface area contributed by atoms with Gasteiger partial charge in [-0.1, -0.05) is 75.2 Å². The summed E-state index contributed by atoms with van der Waals surface area (Å²) in [6.07, 6.45) is 8.75. The summed E-state index contributed by atoms with van der Waals surface area (Å²) < 4.78 is 0. The molecule has 1 saturated carbocycles. The lowest BCUT2D eigenvalue weighted by atomic mass is 9.67. The Labute approximate surface area is 106 Å². The van der Waals surface area contributed by atoms with Crippen molar-refractivity contribution in [3.8, 4) is 0 Å². The number of hydrogen-bond acceptors (Lipinski definition) is 0. The summed E-state index contributed by atoms with van der Waals surface area (Å²) in [5.41, 5.74) is 0.753. The molecule has 0 aromatic carbocycles. The van der Waals surface area contributed by atoms with Crippen molar-refractivity contribution in [3.63, 3.8) is 0 Å². The Morgan fingerprint density at radius 2 is 1.50 bits per heavy atom. The molecule has 1 aliphatic rings. The minimum absolute atomic E-state index is 0. The summed E-state index contributed by atoms with van der Waals surface area (Å²) in [4.78, 5) is 0. The Kier molecular flexibility index (Phi) is 17.4. The predicted octanol–water partition coefficient (Wildman–Crippen LogP) is 6.69. The zero-order valence-corrected chi connectivity index (χ0v) is 12.3. The maximum absolute atomic E-state index is 2.46. The van der Waals surface area contributed by atoms with Gasteiger partial charge in [-0.3, -0.25) is 0 Å². The lowest BCUT2D eigenvalue weighted by Crippen LogP contribution is -2.25. The van der Waals surface area contributed by atoms with E-state index in [4.69, 9.17) is 0 Å². The molecule has 0 amide bonds. The van der Waals surface area contributed by atoms with E-state index in [0.29, 0.717) is 0 Å². The van der Waals surface area contributed by atoms with E-state index in [2.05, 4.69) is 20.8 Å². The fourth-order valence-corrected chi connectivity index (χ4v) is 1.83. The van der Waals surface area contributed by atoms with E-state index >= 15 is 0 Å². The molecule has 0 bridgehead atoms. The van der Waals surface area contributed by atoms with Crippen LogP contribution in [-0.4, -0.2) is 0 Å². The summed E-state index contributed by atoms with van der Waals surface area (Å²) in [6, 6.07) is 0. The van der Waals surface area contributed by atoms with E-state index in [1.54, 1.807) is 0 Å². The molecule has 16 heavy (non-hydrogen) atoms. The third kappa shape index (κ3) is 9.24. The standard InChI is InChI=1S/C11H22.2C2H6.CH4/c1-4-10(2)6-9-11(3)7-5-8-11;2*1-2;/h10H,4-9H2,1-3H3;2*1-2H3;1H4. The average molecular weight is 230 g/mol. The maximum Gasteiger partial charge on any atom is -0.0326 e. The van der Waals surface area contributed by atoms with Crippen molar-refractivity contribution in [2.24, 2.45) is 11.3 Å². The van der Waals surface area contributed by atoms with Crippen LogP contribution in [0.5, 0.6) is 0 Å². The quantitative estimate of drug-likeness (QED) is 0.504. The first-order valence-corrected chi connectivity index (χ1v) is 7.16. The molecule has 0 heteroatoms. The third-order valence-corrected chi connectivity index (χ3v) is 3.50. The highest BCUT2D eigenvalue weighted by atomic mass is 14.4. The van der Waals surface area contributed by atoms with Gasteiger partial charge in [0, 0.05) is 0 Å². The van der Waals surface area contributed by atoms with Crippen LogP contribution >= 0.6 is 0 Å². The van der Waals surface area contributed by atoms with Crippen molar-refractivity contribution < 1.29 is 0 Å². The van der Waals surface area contributed by atoms with E-state index < -0.39 is 0 Å². The smallest absolute Gasteiger partial charge is 0.0326 e. The van der Waals surface area contributed by atoms with Gasteiger partial charge in [-0.05, 0) is 30.6 Å². The van der Waals surface area contributed by atoms with Crippen molar-refractivity contribution in [1.82, 2.24) is 0 Å². The summed E-state index contributed by atoms with van der Waals surface area (Å²) >= 11 is 0. The van der Waals surface area contributed by atoms with Gasteiger partial charge in [-0.25, -0.2) is 0 Å². The highest BCUT2D eigenvalue weighted by molar-refractivity contribution is 4.83. The number of rotatable bonds is 4. The molecule has 0 aromatic heterocycles.